The van der Waals surface area contributed by atoms with E-state index >= 15 is 0 Å². The van der Waals surface area contributed by atoms with E-state index in [0.717, 1.165) is 29.8 Å². The topological polar surface area (TPSA) is 76.6 Å². The normalized spacial score (nSPS) is 18.3. The fourth-order valence-electron chi connectivity index (χ4n) is 4.09. The van der Waals surface area contributed by atoms with E-state index in [0.29, 0.717) is 10.8 Å². The molecule has 0 aliphatic carbocycles. The molecule has 1 amide bonds. The van der Waals surface area contributed by atoms with Crippen LogP contribution in [0.1, 0.15) is 30.6 Å². The number of amides is 1. The van der Waals surface area contributed by atoms with Crippen LogP contribution in [0.5, 0.6) is 11.5 Å². The van der Waals surface area contributed by atoms with Crippen LogP contribution in [0.25, 0.3) is 10.9 Å². The van der Waals surface area contributed by atoms with Crippen molar-refractivity contribution in [1.29, 1.82) is 0 Å². The maximum absolute atomic E-state index is 12.6. The summed E-state index contributed by atoms with van der Waals surface area (Å²) in [4.78, 5) is 12.6. The van der Waals surface area contributed by atoms with Gasteiger partial charge in [-0.1, -0.05) is 17.7 Å². The number of hydrogen-bond donors (Lipinski definition) is 3. The molecular weight excluding hydrogens is 416 g/mol. The van der Waals surface area contributed by atoms with Gasteiger partial charge in [-0.05, 0) is 42.8 Å². The summed E-state index contributed by atoms with van der Waals surface area (Å²) >= 11 is 6.27. The van der Waals surface area contributed by atoms with Gasteiger partial charge in [0.15, 0.2) is 0 Å². The molecule has 2 unspecified atom stereocenters. The molecule has 3 aromatic rings. The zero-order chi connectivity index (χ0) is 22.0. The Kier molecular flexibility index (Phi) is 6.36. The number of benzene rings is 2. The van der Waals surface area contributed by atoms with Crippen LogP contribution in [0.3, 0.4) is 0 Å². The molecule has 1 saturated heterocycles. The van der Waals surface area contributed by atoms with E-state index in [1.165, 1.54) is 11.1 Å². The third-order valence-electron chi connectivity index (χ3n) is 5.67. The van der Waals surface area contributed by atoms with Gasteiger partial charge in [-0.25, -0.2) is 10.9 Å². The maximum Gasteiger partial charge on any atom is 0.225 e. The second kappa shape index (κ2) is 9.18. The van der Waals surface area contributed by atoms with Crippen LogP contribution in [-0.2, 0) is 17.8 Å². The largest absolute Gasteiger partial charge is 0.497 e. The minimum absolute atomic E-state index is 0.0771. The molecule has 7 nitrogen and oxygen atoms in total. The lowest BCUT2D eigenvalue weighted by molar-refractivity contribution is -0.121. The first-order chi connectivity index (χ1) is 15.0. The number of nitrogens with zero attached hydrogens (tertiary/aromatic N) is 1. The molecular formula is C23H27ClN4O3. The average Bonchev–Trinajstić information content (AvgIpc) is 3.38. The van der Waals surface area contributed by atoms with Crippen LogP contribution in [0.2, 0.25) is 5.02 Å². The van der Waals surface area contributed by atoms with Crippen molar-refractivity contribution >= 4 is 28.4 Å². The maximum atomic E-state index is 12.6. The summed E-state index contributed by atoms with van der Waals surface area (Å²) in [5.74, 6) is 1.42. The Morgan fingerprint density at radius 2 is 1.87 bits per heavy atom. The van der Waals surface area contributed by atoms with Gasteiger partial charge in [-0.3, -0.25) is 4.79 Å². The second-order valence-electron chi connectivity index (χ2n) is 7.57. The lowest BCUT2D eigenvalue weighted by atomic mass is 10.1. The number of rotatable bonds is 7. The van der Waals surface area contributed by atoms with Crippen molar-refractivity contribution in [2.24, 2.45) is 0 Å². The van der Waals surface area contributed by atoms with Gasteiger partial charge in [0, 0.05) is 35.1 Å². The van der Waals surface area contributed by atoms with E-state index in [9.17, 15) is 4.79 Å². The molecule has 0 saturated carbocycles. The number of aryl methyl sites for hydroxylation is 1. The summed E-state index contributed by atoms with van der Waals surface area (Å²) in [6.45, 7) is 2.97. The van der Waals surface area contributed by atoms with E-state index in [-0.39, 0.29) is 24.5 Å². The summed E-state index contributed by atoms with van der Waals surface area (Å²) in [5, 5.41) is 4.73. The molecule has 8 heteroatoms. The Balaban J connectivity index is 1.43. The van der Waals surface area contributed by atoms with Crippen LogP contribution in [0, 0.1) is 0 Å². The molecule has 1 aromatic heterocycles. The van der Waals surface area contributed by atoms with Crippen molar-refractivity contribution in [3.8, 4) is 11.5 Å². The minimum Gasteiger partial charge on any atom is -0.497 e. The molecule has 164 valence electrons. The van der Waals surface area contributed by atoms with E-state index < -0.39 is 0 Å². The Bertz CT molecular complexity index is 1100. The molecule has 0 spiro atoms. The first-order valence-electron chi connectivity index (χ1n) is 10.3. The van der Waals surface area contributed by atoms with E-state index in [1.54, 1.807) is 26.4 Å². The number of aromatic nitrogens is 1. The summed E-state index contributed by atoms with van der Waals surface area (Å²) < 4.78 is 12.8. The van der Waals surface area contributed by atoms with Gasteiger partial charge in [-0.2, -0.15) is 0 Å². The molecule has 3 N–H and O–H groups in total. The molecule has 0 bridgehead atoms. The predicted octanol–water partition coefficient (Wildman–Crippen LogP) is 3.56. The summed E-state index contributed by atoms with van der Waals surface area (Å²) in [6, 6.07) is 13.7. The lowest BCUT2D eigenvalue weighted by Gasteiger charge is -2.14. The molecule has 0 radical (unpaired) electrons. The average molecular weight is 443 g/mol. The van der Waals surface area contributed by atoms with Gasteiger partial charge < -0.3 is 19.4 Å². The van der Waals surface area contributed by atoms with E-state index in [1.807, 2.05) is 12.1 Å². The van der Waals surface area contributed by atoms with Crippen LogP contribution in [0.15, 0.2) is 42.5 Å². The Hall–Kier alpha value is -2.74. The van der Waals surface area contributed by atoms with Gasteiger partial charge in [0.05, 0.1) is 38.4 Å². The number of fused-ring (bicyclic) bond motifs is 1. The number of hydrogen-bond acceptors (Lipinski definition) is 5. The molecule has 31 heavy (non-hydrogen) atoms. The summed E-state index contributed by atoms with van der Waals surface area (Å²) in [5.41, 5.74) is 9.60. The number of methoxy groups -OCH3 is 2. The highest BCUT2D eigenvalue weighted by molar-refractivity contribution is 6.31. The van der Waals surface area contributed by atoms with E-state index in [2.05, 4.69) is 45.9 Å². The third kappa shape index (κ3) is 4.49. The third-order valence-corrected chi connectivity index (χ3v) is 6.02. The molecule has 1 aliphatic rings. The fourth-order valence-corrected chi connectivity index (χ4v) is 4.32. The van der Waals surface area contributed by atoms with Crippen LogP contribution in [0.4, 0.5) is 0 Å². The molecule has 1 fully saturated rings. The summed E-state index contributed by atoms with van der Waals surface area (Å²) in [7, 11) is 3.26. The first kappa shape index (κ1) is 21.5. The van der Waals surface area contributed by atoms with Crippen molar-refractivity contribution in [3.05, 3.63) is 58.7 Å². The van der Waals surface area contributed by atoms with Crippen molar-refractivity contribution < 1.29 is 14.3 Å². The fraction of sp³-hybridized carbons (Fsp3) is 0.348. The van der Waals surface area contributed by atoms with Gasteiger partial charge in [0.25, 0.3) is 0 Å². The Morgan fingerprint density at radius 1 is 1.13 bits per heavy atom. The smallest absolute Gasteiger partial charge is 0.225 e. The molecule has 2 aromatic carbocycles. The monoisotopic (exact) mass is 442 g/mol. The Morgan fingerprint density at radius 3 is 2.58 bits per heavy atom. The van der Waals surface area contributed by atoms with E-state index in [4.69, 9.17) is 21.1 Å². The number of carbonyl (C=O) groups is 1. The highest BCUT2D eigenvalue weighted by atomic mass is 35.5. The van der Waals surface area contributed by atoms with Gasteiger partial charge >= 0.3 is 0 Å². The van der Waals surface area contributed by atoms with Crippen molar-refractivity contribution in [2.75, 3.05) is 14.2 Å². The van der Waals surface area contributed by atoms with Gasteiger partial charge in [0.2, 0.25) is 5.91 Å². The number of carbonyl (C=O) groups excluding carboxylic acids is 1. The van der Waals surface area contributed by atoms with Crippen molar-refractivity contribution in [3.63, 3.8) is 0 Å². The molecule has 4 rings (SSSR count). The minimum atomic E-state index is -0.174. The number of nitrogens with one attached hydrogen (secondary N) is 3. The summed E-state index contributed by atoms with van der Waals surface area (Å²) in [6.07, 6.45) is 0.767. The number of ether oxygens (including phenoxy) is 2. The molecule has 2 atom stereocenters. The molecule has 2 heterocycles. The SMILES string of the molecule is CCn1c(C2CC(NC(=O)Cc3ccc(OC)cc3Cl)NN2)cc2ccc(OC)cc21. The van der Waals surface area contributed by atoms with Crippen molar-refractivity contribution in [2.45, 2.75) is 38.5 Å². The van der Waals surface area contributed by atoms with Gasteiger partial charge in [-0.15, -0.1) is 0 Å². The van der Waals surface area contributed by atoms with Gasteiger partial charge in [0.1, 0.15) is 11.5 Å². The zero-order valence-corrected chi connectivity index (χ0v) is 18.6. The zero-order valence-electron chi connectivity index (χ0n) is 17.9. The standard InChI is InChI=1S/C23H27ClN4O3/c1-4-28-20-12-17(31-3)8-6-15(20)9-21(28)19-13-22(27-26-19)25-23(29)10-14-5-7-16(30-2)11-18(14)24/h5-9,11-12,19,22,26-27H,4,10,13H2,1-3H3,(H,25,29). The van der Waals surface area contributed by atoms with Crippen molar-refractivity contribution in [1.82, 2.24) is 20.7 Å². The van der Waals surface area contributed by atoms with Crippen LogP contribution >= 0.6 is 11.6 Å². The Labute approximate surface area is 186 Å². The lowest BCUT2D eigenvalue weighted by Crippen LogP contribution is -2.44. The van der Waals surface area contributed by atoms with Crippen LogP contribution < -0.4 is 25.6 Å². The highest BCUT2D eigenvalue weighted by Gasteiger charge is 2.29. The van der Waals surface area contributed by atoms with Crippen LogP contribution in [-0.4, -0.2) is 30.9 Å². The second-order valence-corrected chi connectivity index (χ2v) is 7.98. The highest BCUT2D eigenvalue weighted by Crippen LogP contribution is 2.30. The number of hydrazine groups is 1. The molecule has 1 aliphatic heterocycles. The predicted molar refractivity (Wildman–Crippen MR) is 121 cm³/mol. The quantitative estimate of drug-likeness (QED) is 0.521. The first-order valence-corrected chi connectivity index (χ1v) is 10.7. The number of halogens is 1.